The Bertz CT molecular complexity index is 1320. The molecule has 4 aliphatic rings. The molecule has 110 heavy (non-hydrogen) atoms. The molecule has 0 atom stereocenters. The van der Waals surface area contributed by atoms with Crippen molar-refractivity contribution in [1.29, 1.82) is 0 Å². The van der Waals surface area contributed by atoms with Crippen LogP contribution in [0.2, 0.25) is 0 Å². The van der Waals surface area contributed by atoms with Gasteiger partial charge in [-0.2, -0.15) is 0 Å². The van der Waals surface area contributed by atoms with Gasteiger partial charge in [0.25, 0.3) is 0 Å². The maximum Gasteiger partial charge on any atom is -0.0297 e. The zero-order valence-electron chi connectivity index (χ0n) is 84.0. The van der Waals surface area contributed by atoms with Gasteiger partial charge < -0.3 is 0 Å². The molecule has 0 saturated heterocycles. The second-order valence-corrected chi connectivity index (χ2v) is 34.5. The molecule has 0 unspecified atom stereocenters. The van der Waals surface area contributed by atoms with Crippen LogP contribution in [0.3, 0.4) is 0 Å². The maximum absolute atomic E-state index is 2.32. The molecule has 0 bridgehead atoms. The molecule has 0 N–H and O–H groups in total. The molecular weight excluding hydrogens is 1320 g/mol. The Kier molecular flexibility index (Phi) is 129. The molecule has 4 fully saturated rings. The van der Waals surface area contributed by atoms with E-state index in [1.165, 1.54) is 424 Å². The van der Waals surface area contributed by atoms with E-state index in [2.05, 4.69) is 55.4 Å². The fourth-order valence-electron chi connectivity index (χ4n) is 19.0. The molecule has 0 heterocycles. The van der Waals surface area contributed by atoms with Gasteiger partial charge in [0.15, 0.2) is 0 Å². The van der Waals surface area contributed by atoms with E-state index >= 15 is 0 Å². The molecule has 4 saturated carbocycles. The van der Waals surface area contributed by atoms with Gasteiger partial charge in [0.1, 0.15) is 0 Å². The molecule has 0 aromatic carbocycles. The molecule has 4 aliphatic carbocycles. The lowest BCUT2D eigenvalue weighted by Gasteiger charge is -2.38. The average Bonchev–Trinajstić information content (AvgIpc) is 0.881. The lowest BCUT2D eigenvalue weighted by Crippen LogP contribution is -2.24. The third kappa shape index (κ3) is 88.8. The van der Waals surface area contributed by atoms with Crippen molar-refractivity contribution in [3.63, 3.8) is 0 Å². The maximum atomic E-state index is 2.32. The van der Waals surface area contributed by atoms with Crippen LogP contribution >= 0.6 is 0 Å². The first-order valence-corrected chi connectivity index (χ1v) is 54.3. The van der Waals surface area contributed by atoms with Gasteiger partial charge in [0, 0.05) is 0 Å². The molecular formula is C110H236. The highest BCUT2D eigenvalue weighted by Crippen LogP contribution is 2.48. The van der Waals surface area contributed by atoms with Crippen molar-refractivity contribution in [2.24, 2.45) is 21.7 Å². The quantitative estimate of drug-likeness (QED) is 0.0533. The van der Waals surface area contributed by atoms with E-state index in [4.69, 9.17) is 0 Å². The Hall–Kier alpha value is 0. The van der Waals surface area contributed by atoms with E-state index in [-0.39, 0.29) is 0 Å². The Morgan fingerprint density at radius 2 is 0.191 bits per heavy atom. The lowest BCUT2D eigenvalue weighted by molar-refractivity contribution is 0.146. The Morgan fingerprint density at radius 3 is 0.291 bits per heavy atom. The number of unbranched alkanes of at least 4 members (excludes halogenated alkanes) is 46. The molecule has 0 aromatic rings. The minimum atomic E-state index is 0.764. The van der Waals surface area contributed by atoms with E-state index in [1.54, 1.807) is 103 Å². The summed E-state index contributed by atoms with van der Waals surface area (Å²) in [6.07, 6.45) is 122. The fourth-order valence-corrected chi connectivity index (χ4v) is 19.0. The highest BCUT2D eigenvalue weighted by Gasteiger charge is 2.34. The summed E-state index contributed by atoms with van der Waals surface area (Å²) in [5.74, 6) is 0. The topological polar surface area (TPSA) is 0 Å². The Labute approximate surface area is 710 Å². The lowest BCUT2D eigenvalue weighted by atomic mass is 9.68. The van der Waals surface area contributed by atoms with E-state index < -0.39 is 0 Å². The molecule has 0 aromatic heterocycles. The van der Waals surface area contributed by atoms with Crippen molar-refractivity contribution in [3.05, 3.63) is 0 Å². The van der Waals surface area contributed by atoms with Crippen molar-refractivity contribution in [2.75, 3.05) is 0 Å². The summed E-state index contributed by atoms with van der Waals surface area (Å²) in [5.41, 5.74) is 3.08. The van der Waals surface area contributed by atoms with Gasteiger partial charge in [-0.1, -0.05) is 590 Å². The molecule has 676 valence electrons. The SMILES string of the molecule is CC.CC.CC.CC.CC.CC.CC.CC.CCCCCCC1(CCCCCC)CCCCC1.CCCCCCCCC1(CCCCCCCC)CCCCC1.CCCCCCCCCCC1(CCCCCCCCCC)CCCCC1.CCCCCCCCCCCC1(CCCCCCCCCCC)CCCCC1. The van der Waals surface area contributed by atoms with Crippen LogP contribution < -0.4 is 0 Å². The standard InChI is InChI=1S/C28H56.C26H52.C22H44.C18H36.8C2H6/c1-3-5-7-9-11-13-15-17-20-24-28(26-22-19-23-27-28)25-21-18-16-14-12-10-8-6-4-2;1-3-5-7-9-11-13-15-18-22-26(24-20-17-21-25-26)23-19-16-14-12-10-8-6-4-2;1-3-5-7-9-11-14-18-22(20-16-13-17-21-22)19-15-12-10-8-6-4-2;1-3-5-7-10-14-18(15-11-8-6-4-2)16-12-9-13-17-18;8*1-2/h3-27H2,1-2H3;3-25H2,1-2H3;3-21H2,1-2H3;3-17H2,1-2H3;8*1-2H3. The molecule has 4 rings (SSSR count). The van der Waals surface area contributed by atoms with Gasteiger partial charge in [-0.3, -0.25) is 0 Å². The van der Waals surface area contributed by atoms with E-state index in [0.717, 1.165) is 21.7 Å². The van der Waals surface area contributed by atoms with Gasteiger partial charge in [0.05, 0.1) is 0 Å². The Morgan fingerprint density at radius 1 is 0.109 bits per heavy atom. The summed E-state index contributed by atoms with van der Waals surface area (Å²) in [6.45, 7) is 50.5. The van der Waals surface area contributed by atoms with Crippen LogP contribution in [0.25, 0.3) is 0 Å². The van der Waals surface area contributed by atoms with Crippen molar-refractivity contribution < 1.29 is 0 Å². The second-order valence-electron chi connectivity index (χ2n) is 34.5. The van der Waals surface area contributed by atoms with Gasteiger partial charge >= 0.3 is 0 Å². The monoisotopic (exact) mass is 1560 g/mol. The van der Waals surface area contributed by atoms with Crippen molar-refractivity contribution in [1.82, 2.24) is 0 Å². The first-order chi connectivity index (χ1) is 54.3. The number of rotatable bonds is 62. The van der Waals surface area contributed by atoms with Gasteiger partial charge in [-0.05, 0) is 124 Å². The smallest absolute Gasteiger partial charge is 0.0297 e. The van der Waals surface area contributed by atoms with Crippen LogP contribution in [0, 0.1) is 21.7 Å². The molecule has 0 heteroatoms. The zero-order valence-corrected chi connectivity index (χ0v) is 84.0. The third-order valence-corrected chi connectivity index (χ3v) is 25.6. The average molecular weight is 1560 g/mol. The Balaban J connectivity index is -0.000000199. The van der Waals surface area contributed by atoms with E-state index in [9.17, 15) is 0 Å². The minimum absolute atomic E-state index is 0.764. The highest BCUT2D eigenvalue weighted by molar-refractivity contribution is 4.86. The minimum Gasteiger partial charge on any atom is -0.0683 e. The number of hydrogen-bond acceptors (Lipinski definition) is 0. The van der Waals surface area contributed by atoms with Crippen LogP contribution in [0.5, 0.6) is 0 Å². The summed E-state index contributed by atoms with van der Waals surface area (Å²) in [7, 11) is 0. The van der Waals surface area contributed by atoms with Gasteiger partial charge in [-0.25, -0.2) is 0 Å². The normalized spacial score (nSPS) is 15.3. The zero-order chi connectivity index (χ0) is 84.0. The van der Waals surface area contributed by atoms with E-state index in [1.807, 2.05) is 111 Å². The predicted octanol–water partition coefficient (Wildman–Crippen LogP) is 44.3. The van der Waals surface area contributed by atoms with Gasteiger partial charge in [-0.15, -0.1) is 0 Å². The van der Waals surface area contributed by atoms with Crippen LogP contribution in [0.15, 0.2) is 0 Å². The molecule has 0 amide bonds. The first-order valence-electron chi connectivity index (χ1n) is 54.3. The van der Waals surface area contributed by atoms with Crippen LogP contribution in [-0.4, -0.2) is 0 Å². The van der Waals surface area contributed by atoms with Crippen molar-refractivity contribution in [3.8, 4) is 0 Å². The highest BCUT2D eigenvalue weighted by atomic mass is 14.4. The fraction of sp³-hybridized carbons (Fsp3) is 1.00. The summed E-state index contributed by atoms with van der Waals surface area (Å²) < 4.78 is 0. The molecule has 0 nitrogen and oxygen atoms in total. The van der Waals surface area contributed by atoms with Crippen molar-refractivity contribution >= 4 is 0 Å². The molecule has 0 aliphatic heterocycles. The molecule has 0 radical (unpaired) electrons. The summed E-state index contributed by atoms with van der Waals surface area (Å²) in [6, 6.07) is 0. The number of hydrogen-bond donors (Lipinski definition) is 0. The summed E-state index contributed by atoms with van der Waals surface area (Å²) >= 11 is 0. The predicted molar refractivity (Wildman–Crippen MR) is 525 cm³/mol. The van der Waals surface area contributed by atoms with E-state index in [0.29, 0.717) is 0 Å². The third-order valence-electron chi connectivity index (χ3n) is 25.6. The van der Waals surface area contributed by atoms with Crippen LogP contribution in [0.1, 0.15) is 693 Å². The largest absolute Gasteiger partial charge is 0.0683 e. The summed E-state index contributed by atoms with van der Waals surface area (Å²) in [5, 5.41) is 0. The first kappa shape index (κ1) is 126. The summed E-state index contributed by atoms with van der Waals surface area (Å²) in [4.78, 5) is 0. The van der Waals surface area contributed by atoms with Crippen molar-refractivity contribution in [2.45, 2.75) is 693 Å². The van der Waals surface area contributed by atoms with Crippen LogP contribution in [0.4, 0.5) is 0 Å². The van der Waals surface area contributed by atoms with Gasteiger partial charge in [0.2, 0.25) is 0 Å². The molecule has 0 spiro atoms. The second kappa shape index (κ2) is 113. The van der Waals surface area contributed by atoms with Crippen LogP contribution in [-0.2, 0) is 0 Å².